The standard InChI is InChI=1S/C10H11Cl2NO3/c1-2-16-6-3-4-7(8(14)5-6)13-10(15)9(11)12/h3-5,9,14H,2H2,1H3,(H,13,15). The van der Waals surface area contributed by atoms with Crippen molar-refractivity contribution in [1.29, 1.82) is 0 Å². The maximum Gasteiger partial charge on any atom is 0.257 e. The third-order valence-corrected chi connectivity index (χ3v) is 2.13. The van der Waals surface area contributed by atoms with Crippen LogP contribution in [0.2, 0.25) is 0 Å². The predicted molar refractivity (Wildman–Crippen MR) is 63.4 cm³/mol. The number of halogens is 2. The fourth-order valence-corrected chi connectivity index (χ4v) is 1.17. The van der Waals surface area contributed by atoms with E-state index in [0.29, 0.717) is 12.4 Å². The number of hydrogen-bond donors (Lipinski definition) is 2. The third-order valence-electron chi connectivity index (χ3n) is 1.74. The molecule has 4 nitrogen and oxygen atoms in total. The number of benzene rings is 1. The molecule has 1 aromatic rings. The van der Waals surface area contributed by atoms with Gasteiger partial charge in [0.1, 0.15) is 11.5 Å². The van der Waals surface area contributed by atoms with Crippen LogP contribution in [0.3, 0.4) is 0 Å². The highest BCUT2D eigenvalue weighted by molar-refractivity contribution is 6.54. The Balaban J connectivity index is 2.79. The van der Waals surface area contributed by atoms with Crippen molar-refractivity contribution in [3.63, 3.8) is 0 Å². The number of rotatable bonds is 4. The summed E-state index contributed by atoms with van der Waals surface area (Å²) in [5.41, 5.74) is 0.236. The Bertz CT molecular complexity index is 382. The Labute approximate surface area is 103 Å². The van der Waals surface area contributed by atoms with E-state index in [9.17, 15) is 9.90 Å². The maximum absolute atomic E-state index is 11.2. The van der Waals surface area contributed by atoms with Gasteiger partial charge in [-0.05, 0) is 19.1 Å². The average molecular weight is 264 g/mol. The number of phenols is 1. The molecule has 0 saturated heterocycles. The average Bonchev–Trinajstić information content (AvgIpc) is 2.22. The number of ether oxygens (including phenoxy) is 1. The monoisotopic (exact) mass is 263 g/mol. The summed E-state index contributed by atoms with van der Waals surface area (Å²) in [6.45, 7) is 2.33. The van der Waals surface area contributed by atoms with Crippen molar-refractivity contribution >= 4 is 34.8 Å². The van der Waals surface area contributed by atoms with Crippen molar-refractivity contribution in [1.82, 2.24) is 0 Å². The molecular weight excluding hydrogens is 253 g/mol. The van der Waals surface area contributed by atoms with Gasteiger partial charge in [-0.15, -0.1) is 0 Å². The van der Waals surface area contributed by atoms with Crippen molar-refractivity contribution in [2.24, 2.45) is 0 Å². The highest BCUT2D eigenvalue weighted by atomic mass is 35.5. The number of anilines is 1. The van der Waals surface area contributed by atoms with Crippen molar-refractivity contribution in [2.75, 3.05) is 11.9 Å². The Hall–Kier alpha value is -1.13. The van der Waals surface area contributed by atoms with E-state index >= 15 is 0 Å². The molecule has 0 aliphatic carbocycles. The number of aromatic hydroxyl groups is 1. The van der Waals surface area contributed by atoms with Gasteiger partial charge in [0.05, 0.1) is 12.3 Å². The first-order valence-electron chi connectivity index (χ1n) is 4.59. The lowest BCUT2D eigenvalue weighted by molar-refractivity contribution is -0.114. The number of amides is 1. The molecule has 0 fully saturated rings. The van der Waals surface area contributed by atoms with Crippen LogP contribution >= 0.6 is 23.2 Å². The van der Waals surface area contributed by atoms with Crippen LogP contribution in [0, 0.1) is 0 Å². The molecule has 1 aromatic carbocycles. The van der Waals surface area contributed by atoms with Gasteiger partial charge >= 0.3 is 0 Å². The zero-order chi connectivity index (χ0) is 12.1. The molecule has 0 aliphatic rings. The summed E-state index contributed by atoms with van der Waals surface area (Å²) in [4.78, 5) is 9.98. The van der Waals surface area contributed by atoms with Gasteiger partial charge in [-0.2, -0.15) is 0 Å². The fourth-order valence-electron chi connectivity index (χ4n) is 1.06. The summed E-state index contributed by atoms with van der Waals surface area (Å²) in [5, 5.41) is 11.9. The van der Waals surface area contributed by atoms with Crippen molar-refractivity contribution < 1.29 is 14.6 Å². The smallest absolute Gasteiger partial charge is 0.257 e. The van der Waals surface area contributed by atoms with E-state index in [1.165, 1.54) is 12.1 Å². The predicted octanol–water partition coefficient (Wildman–Crippen LogP) is 2.53. The molecule has 88 valence electrons. The second-order valence-electron chi connectivity index (χ2n) is 2.90. The van der Waals surface area contributed by atoms with Crippen LogP contribution in [0.15, 0.2) is 18.2 Å². The van der Waals surface area contributed by atoms with Gasteiger partial charge in [-0.1, -0.05) is 23.2 Å². The highest BCUT2D eigenvalue weighted by Crippen LogP contribution is 2.28. The Morgan fingerprint density at radius 1 is 1.56 bits per heavy atom. The largest absolute Gasteiger partial charge is 0.506 e. The van der Waals surface area contributed by atoms with Gasteiger partial charge in [0, 0.05) is 6.07 Å². The molecule has 1 amide bonds. The lowest BCUT2D eigenvalue weighted by Crippen LogP contribution is -2.18. The summed E-state index contributed by atoms with van der Waals surface area (Å²) in [6.07, 6.45) is 0. The molecule has 16 heavy (non-hydrogen) atoms. The van der Waals surface area contributed by atoms with Gasteiger partial charge in [0.25, 0.3) is 5.91 Å². The van der Waals surface area contributed by atoms with Crippen LogP contribution in [0.25, 0.3) is 0 Å². The van der Waals surface area contributed by atoms with Gasteiger partial charge < -0.3 is 15.2 Å². The fraction of sp³-hybridized carbons (Fsp3) is 0.300. The zero-order valence-corrected chi connectivity index (χ0v) is 10.0. The Morgan fingerprint density at radius 3 is 2.75 bits per heavy atom. The van der Waals surface area contributed by atoms with E-state index in [0.717, 1.165) is 0 Å². The van der Waals surface area contributed by atoms with Crippen LogP contribution in [-0.2, 0) is 4.79 Å². The summed E-state index contributed by atoms with van der Waals surface area (Å²) in [6, 6.07) is 4.53. The number of phenolic OH excluding ortho intramolecular Hbond substituents is 1. The first-order valence-corrected chi connectivity index (χ1v) is 5.46. The van der Waals surface area contributed by atoms with E-state index in [1.54, 1.807) is 6.07 Å². The molecule has 1 rings (SSSR count). The van der Waals surface area contributed by atoms with Crippen LogP contribution in [0.5, 0.6) is 11.5 Å². The molecule has 0 atom stereocenters. The number of alkyl halides is 2. The number of carbonyl (C=O) groups is 1. The molecule has 0 radical (unpaired) electrons. The lowest BCUT2D eigenvalue weighted by Gasteiger charge is -2.09. The van der Waals surface area contributed by atoms with E-state index in [-0.39, 0.29) is 11.4 Å². The summed E-state index contributed by atoms with van der Waals surface area (Å²) < 4.78 is 5.17. The number of hydrogen-bond acceptors (Lipinski definition) is 3. The molecule has 0 heterocycles. The van der Waals surface area contributed by atoms with Gasteiger partial charge in [-0.3, -0.25) is 4.79 Å². The van der Waals surface area contributed by atoms with Crippen LogP contribution < -0.4 is 10.1 Å². The minimum absolute atomic E-state index is 0.103. The molecule has 0 aliphatic heterocycles. The molecule has 0 spiro atoms. The SMILES string of the molecule is CCOc1ccc(NC(=O)C(Cl)Cl)c(O)c1. The van der Waals surface area contributed by atoms with E-state index in [4.69, 9.17) is 27.9 Å². The topological polar surface area (TPSA) is 58.6 Å². The maximum atomic E-state index is 11.2. The quantitative estimate of drug-likeness (QED) is 0.649. The Morgan fingerprint density at radius 2 is 2.25 bits per heavy atom. The molecule has 2 N–H and O–H groups in total. The van der Waals surface area contributed by atoms with Crippen molar-refractivity contribution in [2.45, 2.75) is 11.8 Å². The van der Waals surface area contributed by atoms with Gasteiger partial charge in [0.2, 0.25) is 0 Å². The zero-order valence-electron chi connectivity index (χ0n) is 8.54. The molecule has 0 bridgehead atoms. The lowest BCUT2D eigenvalue weighted by atomic mass is 10.2. The van der Waals surface area contributed by atoms with Crippen LogP contribution in [-0.4, -0.2) is 22.5 Å². The molecule has 0 saturated carbocycles. The van der Waals surface area contributed by atoms with E-state index in [2.05, 4.69) is 5.32 Å². The minimum Gasteiger partial charge on any atom is -0.506 e. The van der Waals surface area contributed by atoms with Crippen LogP contribution in [0.4, 0.5) is 5.69 Å². The molecule has 6 heteroatoms. The first-order chi connectivity index (χ1) is 7.54. The number of nitrogens with one attached hydrogen (secondary N) is 1. The first kappa shape index (κ1) is 12.9. The van der Waals surface area contributed by atoms with Gasteiger partial charge in [0.15, 0.2) is 4.84 Å². The number of carbonyl (C=O) groups excluding carboxylic acids is 1. The van der Waals surface area contributed by atoms with Crippen molar-refractivity contribution in [3.8, 4) is 11.5 Å². The molecular formula is C10H11Cl2NO3. The Kier molecular flexibility index (Phi) is 4.71. The van der Waals surface area contributed by atoms with Crippen LogP contribution in [0.1, 0.15) is 6.92 Å². The van der Waals surface area contributed by atoms with E-state index < -0.39 is 10.7 Å². The van der Waals surface area contributed by atoms with E-state index in [1.807, 2.05) is 6.92 Å². The summed E-state index contributed by atoms with van der Waals surface area (Å²) in [5.74, 6) is -0.178. The highest BCUT2D eigenvalue weighted by Gasteiger charge is 2.13. The second kappa shape index (κ2) is 5.82. The summed E-state index contributed by atoms with van der Waals surface area (Å²) in [7, 11) is 0. The molecule has 0 unspecified atom stereocenters. The normalized spacial score (nSPS) is 10.2. The minimum atomic E-state index is -1.18. The summed E-state index contributed by atoms with van der Waals surface area (Å²) >= 11 is 10.7. The van der Waals surface area contributed by atoms with Crippen molar-refractivity contribution in [3.05, 3.63) is 18.2 Å². The van der Waals surface area contributed by atoms with Gasteiger partial charge in [-0.25, -0.2) is 0 Å². The third kappa shape index (κ3) is 3.47. The second-order valence-corrected chi connectivity index (χ2v) is 4.00. The molecule has 0 aromatic heterocycles.